The maximum atomic E-state index is 12.3. The van der Waals surface area contributed by atoms with Crippen LogP contribution in [0.5, 0.6) is 0 Å². The number of carbonyl (C=O) groups excluding carboxylic acids is 1. The second-order valence-corrected chi connectivity index (χ2v) is 5.72. The van der Waals surface area contributed by atoms with Crippen LogP contribution < -0.4 is 5.73 Å². The number of benzene rings is 1. The molecule has 0 spiro atoms. The van der Waals surface area contributed by atoms with E-state index in [0.29, 0.717) is 6.54 Å². The molecule has 1 aliphatic rings. The topological polar surface area (TPSA) is 49.6 Å². The molecule has 0 aliphatic carbocycles. The number of nitrogens with two attached hydrogens (primary N) is 1. The van der Waals surface area contributed by atoms with E-state index in [4.69, 9.17) is 5.73 Å². The Bertz CT molecular complexity index is 427. The fourth-order valence-electron chi connectivity index (χ4n) is 2.99. The van der Waals surface area contributed by atoms with E-state index in [0.717, 1.165) is 25.9 Å². The average molecular weight is 275 g/mol. The molecule has 4 heteroatoms. The highest BCUT2D eigenvalue weighted by Gasteiger charge is 2.25. The normalized spacial score (nSPS) is 18.3. The van der Waals surface area contributed by atoms with Crippen LogP contribution in [0.25, 0.3) is 0 Å². The Morgan fingerprint density at radius 1 is 1.30 bits per heavy atom. The summed E-state index contributed by atoms with van der Waals surface area (Å²) in [6.07, 6.45) is 2.26. The Balaban J connectivity index is 2.04. The average Bonchev–Trinajstić information content (AvgIpc) is 2.93. The third kappa shape index (κ3) is 3.58. The summed E-state index contributed by atoms with van der Waals surface area (Å²) in [5.74, 6) is 0.214. The van der Waals surface area contributed by atoms with Crippen molar-refractivity contribution in [2.24, 2.45) is 5.73 Å². The first-order valence-corrected chi connectivity index (χ1v) is 7.38. The minimum absolute atomic E-state index is 0.0196. The third-order valence-corrected chi connectivity index (χ3v) is 3.96. The SMILES string of the molecule is CC(N)C(c1ccccc1)N(C)CC(=O)N1CCCC1. The van der Waals surface area contributed by atoms with Crippen molar-refractivity contribution in [3.63, 3.8) is 0 Å². The standard InChI is InChI=1S/C16H25N3O/c1-13(17)16(14-8-4-3-5-9-14)18(2)12-15(20)19-10-6-7-11-19/h3-5,8-9,13,16H,6-7,10-12,17H2,1-2H3. The number of hydrogen-bond acceptors (Lipinski definition) is 3. The molecule has 1 heterocycles. The predicted molar refractivity (Wildman–Crippen MR) is 81.3 cm³/mol. The molecule has 1 aromatic carbocycles. The highest BCUT2D eigenvalue weighted by Crippen LogP contribution is 2.22. The van der Waals surface area contributed by atoms with Crippen molar-refractivity contribution in [1.82, 2.24) is 9.80 Å². The first kappa shape index (κ1) is 15.0. The van der Waals surface area contributed by atoms with Gasteiger partial charge in [0.05, 0.1) is 6.54 Å². The van der Waals surface area contributed by atoms with E-state index in [9.17, 15) is 4.79 Å². The summed E-state index contributed by atoms with van der Waals surface area (Å²) in [6, 6.07) is 10.2. The largest absolute Gasteiger partial charge is 0.342 e. The van der Waals surface area contributed by atoms with Crippen molar-refractivity contribution < 1.29 is 4.79 Å². The Kier molecular flexibility index (Phi) is 5.15. The summed E-state index contributed by atoms with van der Waals surface area (Å²) in [6.45, 7) is 4.23. The van der Waals surface area contributed by atoms with E-state index in [1.807, 2.05) is 37.1 Å². The van der Waals surface area contributed by atoms with Gasteiger partial charge in [-0.3, -0.25) is 9.69 Å². The molecule has 20 heavy (non-hydrogen) atoms. The number of carbonyl (C=O) groups is 1. The van der Waals surface area contributed by atoms with Crippen LogP contribution in [0.4, 0.5) is 0 Å². The van der Waals surface area contributed by atoms with Crippen molar-refractivity contribution in [3.05, 3.63) is 35.9 Å². The smallest absolute Gasteiger partial charge is 0.236 e. The fraction of sp³-hybridized carbons (Fsp3) is 0.562. The molecule has 0 radical (unpaired) electrons. The molecule has 0 bridgehead atoms. The van der Waals surface area contributed by atoms with Gasteiger partial charge in [0.1, 0.15) is 0 Å². The number of rotatable bonds is 5. The maximum absolute atomic E-state index is 12.3. The van der Waals surface area contributed by atoms with Gasteiger partial charge in [0.15, 0.2) is 0 Å². The quantitative estimate of drug-likeness (QED) is 0.888. The Morgan fingerprint density at radius 2 is 1.90 bits per heavy atom. The maximum Gasteiger partial charge on any atom is 0.236 e. The predicted octanol–water partition coefficient (Wildman–Crippen LogP) is 1.63. The molecule has 1 amide bonds. The molecule has 2 rings (SSSR count). The zero-order chi connectivity index (χ0) is 14.5. The number of likely N-dealkylation sites (tertiary alicyclic amines) is 1. The lowest BCUT2D eigenvalue weighted by atomic mass is 9.99. The second-order valence-electron chi connectivity index (χ2n) is 5.72. The van der Waals surface area contributed by atoms with Gasteiger partial charge >= 0.3 is 0 Å². The fourth-order valence-corrected chi connectivity index (χ4v) is 2.99. The molecule has 2 unspecified atom stereocenters. The Morgan fingerprint density at radius 3 is 2.45 bits per heavy atom. The molecule has 4 nitrogen and oxygen atoms in total. The zero-order valence-electron chi connectivity index (χ0n) is 12.5. The van der Waals surface area contributed by atoms with Crippen LogP contribution in [-0.2, 0) is 4.79 Å². The second kappa shape index (κ2) is 6.86. The van der Waals surface area contributed by atoms with Crippen LogP contribution in [-0.4, -0.2) is 48.4 Å². The summed E-state index contributed by atoms with van der Waals surface area (Å²) in [4.78, 5) is 16.3. The van der Waals surface area contributed by atoms with E-state index in [1.165, 1.54) is 5.56 Å². The van der Waals surface area contributed by atoms with Gasteiger partial charge in [-0.05, 0) is 32.4 Å². The van der Waals surface area contributed by atoms with Gasteiger partial charge in [-0.2, -0.15) is 0 Å². The van der Waals surface area contributed by atoms with Crippen LogP contribution in [0.1, 0.15) is 31.4 Å². The summed E-state index contributed by atoms with van der Waals surface area (Å²) in [7, 11) is 1.98. The van der Waals surface area contributed by atoms with Crippen molar-refractivity contribution in [3.8, 4) is 0 Å². The van der Waals surface area contributed by atoms with E-state index < -0.39 is 0 Å². The van der Waals surface area contributed by atoms with E-state index in [2.05, 4.69) is 17.0 Å². The molecule has 2 atom stereocenters. The van der Waals surface area contributed by atoms with Crippen LogP contribution in [0.15, 0.2) is 30.3 Å². The molecule has 1 saturated heterocycles. The minimum atomic E-state index is -0.0196. The van der Waals surface area contributed by atoms with E-state index in [-0.39, 0.29) is 18.0 Å². The van der Waals surface area contributed by atoms with Gasteiger partial charge in [-0.1, -0.05) is 30.3 Å². The molecular formula is C16H25N3O. The van der Waals surface area contributed by atoms with E-state index >= 15 is 0 Å². The summed E-state index contributed by atoms with van der Waals surface area (Å²) in [5.41, 5.74) is 7.30. The molecule has 1 aliphatic heterocycles. The van der Waals surface area contributed by atoms with Gasteiger partial charge in [0.25, 0.3) is 0 Å². The van der Waals surface area contributed by atoms with Crippen molar-refractivity contribution in [1.29, 1.82) is 0 Å². The summed E-state index contributed by atoms with van der Waals surface area (Å²) < 4.78 is 0. The minimum Gasteiger partial charge on any atom is -0.342 e. The number of nitrogens with zero attached hydrogens (tertiary/aromatic N) is 2. The Labute approximate surface area is 121 Å². The van der Waals surface area contributed by atoms with Gasteiger partial charge < -0.3 is 10.6 Å². The molecule has 1 fully saturated rings. The number of likely N-dealkylation sites (N-methyl/N-ethyl adjacent to an activating group) is 1. The van der Waals surface area contributed by atoms with Gasteiger partial charge in [-0.15, -0.1) is 0 Å². The van der Waals surface area contributed by atoms with Crippen molar-refractivity contribution in [2.45, 2.75) is 31.8 Å². The summed E-state index contributed by atoms with van der Waals surface area (Å²) >= 11 is 0. The first-order chi connectivity index (χ1) is 9.59. The number of hydrogen-bond donors (Lipinski definition) is 1. The van der Waals surface area contributed by atoms with Crippen molar-refractivity contribution >= 4 is 5.91 Å². The highest BCUT2D eigenvalue weighted by atomic mass is 16.2. The molecule has 1 aromatic rings. The first-order valence-electron chi connectivity index (χ1n) is 7.38. The molecule has 2 N–H and O–H groups in total. The Hall–Kier alpha value is -1.39. The molecule has 0 aromatic heterocycles. The van der Waals surface area contributed by atoms with Gasteiger partial charge in [0.2, 0.25) is 5.91 Å². The van der Waals surface area contributed by atoms with E-state index in [1.54, 1.807) is 0 Å². The van der Waals surface area contributed by atoms with Crippen LogP contribution in [0.2, 0.25) is 0 Å². The number of amides is 1. The lowest BCUT2D eigenvalue weighted by Gasteiger charge is -2.32. The van der Waals surface area contributed by atoms with Gasteiger partial charge in [0, 0.05) is 25.2 Å². The van der Waals surface area contributed by atoms with Crippen LogP contribution in [0, 0.1) is 0 Å². The molecule has 0 saturated carbocycles. The van der Waals surface area contributed by atoms with Crippen LogP contribution >= 0.6 is 0 Å². The monoisotopic (exact) mass is 275 g/mol. The van der Waals surface area contributed by atoms with Crippen molar-refractivity contribution in [2.75, 3.05) is 26.7 Å². The highest BCUT2D eigenvalue weighted by molar-refractivity contribution is 5.78. The third-order valence-electron chi connectivity index (χ3n) is 3.96. The van der Waals surface area contributed by atoms with Gasteiger partial charge in [-0.25, -0.2) is 0 Å². The molecule has 110 valence electrons. The molecular weight excluding hydrogens is 250 g/mol. The lowest BCUT2D eigenvalue weighted by Crippen LogP contribution is -2.43. The summed E-state index contributed by atoms with van der Waals surface area (Å²) in [5, 5.41) is 0. The lowest BCUT2D eigenvalue weighted by molar-refractivity contribution is -0.131. The zero-order valence-corrected chi connectivity index (χ0v) is 12.5. The van der Waals surface area contributed by atoms with Crippen LogP contribution in [0.3, 0.4) is 0 Å².